The van der Waals surface area contributed by atoms with Gasteiger partial charge in [-0.15, -0.1) is 0 Å². The monoisotopic (exact) mass is 328 g/mol. The van der Waals surface area contributed by atoms with E-state index >= 15 is 0 Å². The number of carbonyl (C=O) groups excluding carboxylic acids is 1. The lowest BCUT2D eigenvalue weighted by Crippen LogP contribution is -2.24. The van der Waals surface area contributed by atoms with Gasteiger partial charge in [-0.05, 0) is 37.3 Å². The van der Waals surface area contributed by atoms with Crippen LogP contribution in [0.2, 0.25) is 0 Å². The van der Waals surface area contributed by atoms with Crippen molar-refractivity contribution in [1.82, 2.24) is 4.57 Å². The number of aryl methyl sites for hydroxylation is 1. The van der Waals surface area contributed by atoms with Crippen molar-refractivity contribution in [2.45, 2.75) is 13.5 Å². The molecule has 4 nitrogen and oxygen atoms in total. The highest BCUT2D eigenvalue weighted by atomic mass is 19.1. The summed E-state index contributed by atoms with van der Waals surface area (Å²) in [5, 5.41) is 2.49. The summed E-state index contributed by atoms with van der Waals surface area (Å²) in [5.41, 5.74) is -0.253. The number of hydrogen-bond donors (Lipinski definition) is 1. The summed E-state index contributed by atoms with van der Waals surface area (Å²) < 4.78 is 28.8. The molecule has 0 aliphatic carbocycles. The van der Waals surface area contributed by atoms with Crippen LogP contribution in [0.25, 0.3) is 10.9 Å². The number of para-hydroxylation sites is 1. The molecule has 3 aromatic rings. The third kappa shape index (κ3) is 2.78. The molecule has 6 heteroatoms. The third-order valence-corrected chi connectivity index (χ3v) is 3.75. The van der Waals surface area contributed by atoms with Crippen molar-refractivity contribution in [2.24, 2.45) is 0 Å². The second kappa shape index (κ2) is 6.23. The second-order valence-electron chi connectivity index (χ2n) is 5.25. The van der Waals surface area contributed by atoms with E-state index in [9.17, 15) is 18.4 Å². The van der Waals surface area contributed by atoms with Crippen LogP contribution in [0.15, 0.2) is 53.5 Å². The molecule has 0 unspecified atom stereocenters. The highest BCUT2D eigenvalue weighted by molar-refractivity contribution is 6.05. The molecule has 1 amide bonds. The minimum Gasteiger partial charge on any atom is -0.347 e. The zero-order valence-electron chi connectivity index (χ0n) is 12.8. The number of hydrogen-bond acceptors (Lipinski definition) is 2. The Morgan fingerprint density at radius 1 is 1.17 bits per heavy atom. The lowest BCUT2D eigenvalue weighted by Gasteiger charge is -2.12. The van der Waals surface area contributed by atoms with E-state index in [-0.39, 0.29) is 16.6 Å². The van der Waals surface area contributed by atoms with E-state index < -0.39 is 23.0 Å². The molecular weight excluding hydrogens is 314 g/mol. The number of nitrogens with one attached hydrogen (secondary N) is 1. The minimum absolute atomic E-state index is 0.0238. The maximum Gasteiger partial charge on any atom is 0.261 e. The Bertz CT molecular complexity index is 996. The number of pyridine rings is 1. The lowest BCUT2D eigenvalue weighted by atomic mass is 10.1. The first-order valence-corrected chi connectivity index (χ1v) is 7.40. The molecule has 2 aromatic carbocycles. The zero-order chi connectivity index (χ0) is 17.3. The Kier molecular flexibility index (Phi) is 4.12. The summed E-state index contributed by atoms with van der Waals surface area (Å²) in [7, 11) is 0. The first kappa shape index (κ1) is 15.9. The molecule has 0 atom stereocenters. The molecule has 0 saturated heterocycles. The fourth-order valence-corrected chi connectivity index (χ4v) is 2.55. The largest absolute Gasteiger partial charge is 0.347 e. The summed E-state index contributed by atoms with van der Waals surface area (Å²) in [6.07, 6.45) is 1.40. The van der Waals surface area contributed by atoms with Crippen LogP contribution in [-0.2, 0) is 6.54 Å². The Hall–Kier alpha value is -3.02. The van der Waals surface area contributed by atoms with Gasteiger partial charge in [0.15, 0.2) is 0 Å². The average molecular weight is 328 g/mol. The molecule has 0 saturated carbocycles. The Labute approximate surface area is 136 Å². The van der Waals surface area contributed by atoms with E-state index in [0.717, 1.165) is 6.07 Å². The van der Waals surface area contributed by atoms with Gasteiger partial charge in [0.1, 0.15) is 17.2 Å². The van der Waals surface area contributed by atoms with E-state index in [4.69, 9.17) is 0 Å². The first-order chi connectivity index (χ1) is 11.5. The quantitative estimate of drug-likeness (QED) is 0.799. The maximum absolute atomic E-state index is 13.7. The molecule has 0 fully saturated rings. The van der Waals surface area contributed by atoms with Gasteiger partial charge in [0, 0.05) is 18.1 Å². The Balaban J connectivity index is 2.12. The van der Waals surface area contributed by atoms with Crippen molar-refractivity contribution < 1.29 is 13.6 Å². The number of benzene rings is 2. The predicted molar refractivity (Wildman–Crippen MR) is 88.2 cm³/mol. The van der Waals surface area contributed by atoms with Crippen molar-refractivity contribution >= 4 is 22.5 Å². The number of fused-ring (bicyclic) bond motifs is 1. The van der Waals surface area contributed by atoms with Gasteiger partial charge in [0.25, 0.3) is 5.91 Å². The van der Waals surface area contributed by atoms with Gasteiger partial charge in [-0.2, -0.15) is 0 Å². The molecule has 1 heterocycles. The van der Waals surface area contributed by atoms with Crippen LogP contribution in [0.5, 0.6) is 0 Å². The summed E-state index contributed by atoms with van der Waals surface area (Å²) in [6.45, 7) is 2.33. The number of anilines is 1. The summed E-state index contributed by atoms with van der Waals surface area (Å²) in [5.74, 6) is -1.90. The number of aromatic nitrogens is 1. The molecule has 0 spiro atoms. The average Bonchev–Trinajstić information content (AvgIpc) is 2.57. The smallest absolute Gasteiger partial charge is 0.261 e. The topological polar surface area (TPSA) is 51.1 Å². The molecule has 24 heavy (non-hydrogen) atoms. The second-order valence-corrected chi connectivity index (χ2v) is 5.25. The van der Waals surface area contributed by atoms with Gasteiger partial charge in [0.05, 0.1) is 11.2 Å². The highest BCUT2D eigenvalue weighted by Crippen LogP contribution is 2.16. The van der Waals surface area contributed by atoms with Crippen LogP contribution < -0.4 is 10.7 Å². The Morgan fingerprint density at radius 2 is 1.92 bits per heavy atom. The summed E-state index contributed by atoms with van der Waals surface area (Å²) >= 11 is 0. The van der Waals surface area contributed by atoms with Gasteiger partial charge in [-0.25, -0.2) is 8.78 Å². The van der Waals surface area contributed by atoms with Gasteiger partial charge in [-0.1, -0.05) is 12.1 Å². The Morgan fingerprint density at radius 3 is 2.62 bits per heavy atom. The van der Waals surface area contributed by atoms with Crippen LogP contribution in [0.1, 0.15) is 17.3 Å². The van der Waals surface area contributed by atoms with Gasteiger partial charge in [0.2, 0.25) is 5.43 Å². The van der Waals surface area contributed by atoms with Crippen molar-refractivity contribution in [3.63, 3.8) is 0 Å². The highest BCUT2D eigenvalue weighted by Gasteiger charge is 2.17. The number of amides is 1. The van der Waals surface area contributed by atoms with Crippen LogP contribution in [-0.4, -0.2) is 10.5 Å². The molecule has 122 valence electrons. The van der Waals surface area contributed by atoms with Crippen LogP contribution >= 0.6 is 0 Å². The van der Waals surface area contributed by atoms with E-state index in [1.807, 2.05) is 6.92 Å². The predicted octanol–water partition coefficient (Wildman–Crippen LogP) is 3.55. The lowest BCUT2D eigenvalue weighted by molar-refractivity contribution is 0.102. The molecule has 0 aliphatic rings. The standard InChI is InChI=1S/C18H14F2N2O2/c1-2-22-10-13(17(23)12-9-11(19)7-8-16(12)22)18(24)21-15-6-4-3-5-14(15)20/h3-10H,2H2,1H3,(H,21,24). The normalized spacial score (nSPS) is 10.8. The first-order valence-electron chi connectivity index (χ1n) is 7.40. The van der Waals surface area contributed by atoms with Gasteiger partial charge < -0.3 is 9.88 Å². The van der Waals surface area contributed by atoms with E-state index in [1.165, 1.54) is 36.5 Å². The van der Waals surface area contributed by atoms with E-state index in [2.05, 4.69) is 5.32 Å². The van der Waals surface area contributed by atoms with Crippen molar-refractivity contribution in [2.75, 3.05) is 5.32 Å². The fourth-order valence-electron chi connectivity index (χ4n) is 2.55. The van der Waals surface area contributed by atoms with Gasteiger partial charge in [-0.3, -0.25) is 9.59 Å². The third-order valence-electron chi connectivity index (χ3n) is 3.75. The molecule has 0 aliphatic heterocycles. The maximum atomic E-state index is 13.7. The number of nitrogens with zero attached hydrogens (tertiary/aromatic N) is 1. The van der Waals surface area contributed by atoms with Crippen molar-refractivity contribution in [3.05, 3.63) is 76.1 Å². The number of rotatable bonds is 3. The van der Waals surface area contributed by atoms with Crippen molar-refractivity contribution in [3.8, 4) is 0 Å². The van der Waals surface area contributed by atoms with E-state index in [1.54, 1.807) is 10.6 Å². The van der Waals surface area contributed by atoms with Crippen LogP contribution in [0.4, 0.5) is 14.5 Å². The van der Waals surface area contributed by atoms with Crippen LogP contribution in [0, 0.1) is 11.6 Å². The molecular formula is C18H14F2N2O2. The van der Waals surface area contributed by atoms with Crippen molar-refractivity contribution in [1.29, 1.82) is 0 Å². The minimum atomic E-state index is -0.738. The van der Waals surface area contributed by atoms with Crippen LogP contribution in [0.3, 0.4) is 0 Å². The summed E-state index contributed by atoms with van der Waals surface area (Å²) in [4.78, 5) is 24.9. The molecule has 3 rings (SSSR count). The van der Waals surface area contributed by atoms with E-state index in [0.29, 0.717) is 12.1 Å². The molecule has 0 radical (unpaired) electrons. The van der Waals surface area contributed by atoms with Gasteiger partial charge >= 0.3 is 0 Å². The SMILES string of the molecule is CCn1cc(C(=O)Nc2ccccc2F)c(=O)c2cc(F)ccc21. The molecule has 1 aromatic heterocycles. The fraction of sp³-hybridized carbons (Fsp3) is 0.111. The number of carbonyl (C=O) groups is 1. The summed E-state index contributed by atoms with van der Waals surface area (Å²) in [6, 6.07) is 9.51. The molecule has 0 bridgehead atoms. The number of halogens is 2. The molecule has 1 N–H and O–H groups in total. The zero-order valence-corrected chi connectivity index (χ0v) is 12.8.